The van der Waals surface area contributed by atoms with Gasteiger partial charge < -0.3 is 38.6 Å². The molecule has 4 aromatic rings. The van der Waals surface area contributed by atoms with Crippen LogP contribution in [0.3, 0.4) is 0 Å². The lowest BCUT2D eigenvalue weighted by molar-refractivity contribution is -0.137. The summed E-state index contributed by atoms with van der Waals surface area (Å²) in [6, 6.07) is 18.9. The first kappa shape index (κ1) is 35.5. The first-order valence-electron chi connectivity index (χ1n) is 17.7. The minimum absolute atomic E-state index is 0.137. The SMILES string of the molecule is CCOCCn1c(NC2CCN(CCC3(Cc4ccc(F)cc4)CCN(Cc4cc(OC)c(OC)c(OC)c4)C3=O)CC2)nc2ccccc21. The van der Waals surface area contributed by atoms with Crippen molar-refractivity contribution in [2.24, 2.45) is 5.41 Å². The van der Waals surface area contributed by atoms with Gasteiger partial charge in [0.25, 0.3) is 0 Å². The lowest BCUT2D eigenvalue weighted by atomic mass is 9.77. The van der Waals surface area contributed by atoms with Crippen LogP contribution in [0.2, 0.25) is 0 Å². The number of nitrogens with zero attached hydrogens (tertiary/aromatic N) is 4. The number of carbonyl (C=O) groups excluding carboxylic acids is 1. The molecule has 11 heteroatoms. The molecule has 3 heterocycles. The van der Waals surface area contributed by atoms with Crippen LogP contribution in [-0.2, 0) is 29.0 Å². The van der Waals surface area contributed by atoms with E-state index in [0.29, 0.717) is 56.0 Å². The van der Waals surface area contributed by atoms with E-state index in [1.807, 2.05) is 48.2 Å². The number of amides is 1. The molecule has 2 aliphatic heterocycles. The number of carbonyl (C=O) groups is 1. The van der Waals surface area contributed by atoms with Crippen molar-refractivity contribution in [3.05, 3.63) is 77.6 Å². The molecule has 268 valence electrons. The van der Waals surface area contributed by atoms with Gasteiger partial charge in [-0.15, -0.1) is 0 Å². The summed E-state index contributed by atoms with van der Waals surface area (Å²) < 4.78 is 38.4. The van der Waals surface area contributed by atoms with Crippen molar-refractivity contribution in [1.82, 2.24) is 19.4 Å². The van der Waals surface area contributed by atoms with Crippen LogP contribution in [0.5, 0.6) is 17.2 Å². The molecule has 2 fully saturated rings. The van der Waals surface area contributed by atoms with Gasteiger partial charge in [-0.25, -0.2) is 9.37 Å². The highest BCUT2D eigenvalue weighted by atomic mass is 19.1. The van der Waals surface area contributed by atoms with Crippen LogP contribution in [-0.4, -0.2) is 92.0 Å². The molecule has 1 unspecified atom stereocenters. The molecule has 50 heavy (non-hydrogen) atoms. The molecule has 0 spiro atoms. The number of imidazole rings is 1. The molecule has 1 aromatic heterocycles. The largest absolute Gasteiger partial charge is 0.493 e. The van der Waals surface area contributed by atoms with Crippen LogP contribution in [0.4, 0.5) is 10.3 Å². The zero-order chi connectivity index (χ0) is 35.1. The molecular weight excluding hydrogens is 637 g/mol. The number of hydrogen-bond acceptors (Lipinski definition) is 8. The maximum Gasteiger partial charge on any atom is 0.229 e. The number of fused-ring (bicyclic) bond motifs is 1. The summed E-state index contributed by atoms with van der Waals surface area (Å²) in [6.07, 6.45) is 4.03. The summed E-state index contributed by atoms with van der Waals surface area (Å²) in [4.78, 5) is 23.7. The highest BCUT2D eigenvalue weighted by Crippen LogP contribution is 2.42. The van der Waals surface area contributed by atoms with Crippen LogP contribution in [0, 0.1) is 11.2 Å². The van der Waals surface area contributed by atoms with Gasteiger partial charge in [-0.3, -0.25) is 4.79 Å². The third-order valence-corrected chi connectivity index (χ3v) is 10.3. The number of piperidine rings is 1. The topological polar surface area (TPSA) is 90.3 Å². The lowest BCUT2D eigenvalue weighted by Gasteiger charge is -2.35. The Balaban J connectivity index is 1.12. The number of rotatable bonds is 16. The fraction of sp³-hybridized carbons (Fsp3) is 0.487. The van der Waals surface area contributed by atoms with Crippen molar-refractivity contribution in [2.45, 2.75) is 58.2 Å². The Morgan fingerprint density at radius 3 is 2.32 bits per heavy atom. The summed E-state index contributed by atoms with van der Waals surface area (Å²) >= 11 is 0. The van der Waals surface area contributed by atoms with E-state index in [1.165, 1.54) is 12.1 Å². The minimum atomic E-state index is -0.570. The molecule has 1 N–H and O–H groups in total. The van der Waals surface area contributed by atoms with Crippen molar-refractivity contribution in [2.75, 3.05) is 66.0 Å². The average molecular weight is 688 g/mol. The van der Waals surface area contributed by atoms with Gasteiger partial charge in [0.05, 0.1) is 44.4 Å². The molecule has 0 radical (unpaired) electrons. The van der Waals surface area contributed by atoms with E-state index in [-0.39, 0.29) is 11.7 Å². The third kappa shape index (κ3) is 7.84. The molecule has 0 aliphatic carbocycles. The molecular formula is C39H50FN5O5. The Bertz CT molecular complexity index is 1710. The second kappa shape index (κ2) is 16.1. The molecule has 0 saturated carbocycles. The van der Waals surface area contributed by atoms with Crippen molar-refractivity contribution in [3.8, 4) is 17.2 Å². The number of nitrogens with one attached hydrogen (secondary N) is 1. The lowest BCUT2D eigenvalue weighted by Crippen LogP contribution is -2.43. The molecule has 1 atom stereocenters. The minimum Gasteiger partial charge on any atom is -0.493 e. The second-order valence-corrected chi connectivity index (χ2v) is 13.4. The van der Waals surface area contributed by atoms with Gasteiger partial charge in [0, 0.05) is 45.4 Å². The molecule has 2 aliphatic rings. The third-order valence-electron chi connectivity index (χ3n) is 10.3. The normalized spacial score (nSPS) is 18.6. The van der Waals surface area contributed by atoms with Crippen molar-refractivity contribution in [3.63, 3.8) is 0 Å². The van der Waals surface area contributed by atoms with E-state index < -0.39 is 5.41 Å². The molecule has 6 rings (SSSR count). The number of para-hydroxylation sites is 2. The fourth-order valence-electron chi connectivity index (χ4n) is 7.54. The molecule has 2 saturated heterocycles. The molecule has 0 bridgehead atoms. The number of aromatic nitrogens is 2. The van der Waals surface area contributed by atoms with E-state index in [4.69, 9.17) is 23.9 Å². The van der Waals surface area contributed by atoms with Crippen molar-refractivity contribution < 1.29 is 28.1 Å². The number of hydrogen-bond donors (Lipinski definition) is 1. The van der Waals surface area contributed by atoms with Crippen LogP contribution >= 0.6 is 0 Å². The number of benzene rings is 3. The Labute approximate surface area is 294 Å². The van der Waals surface area contributed by atoms with E-state index in [9.17, 15) is 9.18 Å². The first-order chi connectivity index (χ1) is 24.4. The van der Waals surface area contributed by atoms with Gasteiger partial charge in [-0.05, 0) is 93.1 Å². The zero-order valence-corrected chi connectivity index (χ0v) is 29.8. The Morgan fingerprint density at radius 1 is 0.920 bits per heavy atom. The summed E-state index contributed by atoms with van der Waals surface area (Å²) in [5, 5.41) is 3.74. The maximum atomic E-state index is 14.4. The predicted molar refractivity (Wildman–Crippen MR) is 193 cm³/mol. The predicted octanol–water partition coefficient (Wildman–Crippen LogP) is 6.17. The summed E-state index contributed by atoms with van der Waals surface area (Å²) in [5.74, 6) is 2.41. The van der Waals surface area contributed by atoms with Crippen LogP contribution < -0.4 is 19.5 Å². The monoisotopic (exact) mass is 687 g/mol. The standard InChI is InChI=1S/C39H50FN5O5/c1-5-50-23-22-45-33-9-7-6-8-32(33)42-38(45)41-31-14-18-43(19-15-31)20-16-39(26-28-10-12-30(40)13-11-28)17-21-44(37(39)46)27-29-24-34(47-2)36(49-4)35(25-29)48-3/h6-13,24-25,31H,5,14-23,26-27H2,1-4H3,(H,41,42). The number of ether oxygens (including phenoxy) is 4. The molecule has 10 nitrogen and oxygen atoms in total. The number of halogens is 1. The van der Waals surface area contributed by atoms with Gasteiger partial charge in [0.15, 0.2) is 11.5 Å². The molecule has 1 amide bonds. The van der Waals surface area contributed by atoms with E-state index >= 15 is 0 Å². The van der Waals surface area contributed by atoms with Crippen LogP contribution in [0.25, 0.3) is 11.0 Å². The first-order valence-corrected chi connectivity index (χ1v) is 17.7. The number of likely N-dealkylation sites (tertiary alicyclic amines) is 2. The van der Waals surface area contributed by atoms with Gasteiger partial charge in [0.2, 0.25) is 17.6 Å². The van der Waals surface area contributed by atoms with Crippen LogP contribution in [0.1, 0.15) is 43.7 Å². The van der Waals surface area contributed by atoms with Gasteiger partial charge in [-0.1, -0.05) is 24.3 Å². The summed E-state index contributed by atoms with van der Waals surface area (Å²) in [6.45, 7) is 7.87. The highest BCUT2D eigenvalue weighted by molar-refractivity contribution is 5.85. The smallest absolute Gasteiger partial charge is 0.229 e. The summed E-state index contributed by atoms with van der Waals surface area (Å²) in [7, 11) is 4.76. The average Bonchev–Trinajstić information content (AvgIpc) is 3.64. The zero-order valence-electron chi connectivity index (χ0n) is 29.8. The Morgan fingerprint density at radius 2 is 1.64 bits per heavy atom. The fourth-order valence-corrected chi connectivity index (χ4v) is 7.54. The Kier molecular flexibility index (Phi) is 11.4. The van der Waals surface area contributed by atoms with E-state index in [1.54, 1.807) is 21.3 Å². The number of anilines is 1. The van der Waals surface area contributed by atoms with Crippen LogP contribution in [0.15, 0.2) is 60.7 Å². The molecule has 3 aromatic carbocycles. The quantitative estimate of drug-likeness (QED) is 0.140. The maximum absolute atomic E-state index is 14.4. The summed E-state index contributed by atoms with van der Waals surface area (Å²) in [5.41, 5.74) is 3.41. The van der Waals surface area contributed by atoms with E-state index in [2.05, 4.69) is 26.9 Å². The number of methoxy groups -OCH3 is 3. The Hall–Kier alpha value is -4.35. The second-order valence-electron chi connectivity index (χ2n) is 13.4. The van der Waals surface area contributed by atoms with Crippen molar-refractivity contribution in [1.29, 1.82) is 0 Å². The highest BCUT2D eigenvalue weighted by Gasteiger charge is 2.46. The van der Waals surface area contributed by atoms with Crippen molar-refractivity contribution >= 4 is 22.9 Å². The van der Waals surface area contributed by atoms with E-state index in [0.717, 1.165) is 80.0 Å². The van der Waals surface area contributed by atoms with Gasteiger partial charge in [0.1, 0.15) is 5.82 Å². The van der Waals surface area contributed by atoms with Gasteiger partial charge >= 0.3 is 0 Å². The van der Waals surface area contributed by atoms with Gasteiger partial charge in [-0.2, -0.15) is 0 Å².